The molecule has 0 saturated carbocycles. The summed E-state index contributed by atoms with van der Waals surface area (Å²) in [4.78, 5) is 25.3. The lowest BCUT2D eigenvalue weighted by Crippen LogP contribution is -2.48. The topological polar surface area (TPSA) is 78.8 Å². The van der Waals surface area contributed by atoms with Gasteiger partial charge in [-0.05, 0) is 61.9 Å². The number of anilines is 1. The number of piperazine rings is 1. The molecule has 2 heterocycles. The van der Waals surface area contributed by atoms with E-state index in [4.69, 9.17) is 16.3 Å². The van der Waals surface area contributed by atoms with E-state index in [1.165, 1.54) is 11.8 Å². The highest BCUT2D eigenvalue weighted by atomic mass is 35.5. The number of aromatic carboxylic acids is 1. The molecule has 0 radical (unpaired) electrons. The molecule has 0 amide bonds. The minimum absolute atomic E-state index is 0.190. The molecule has 0 atom stereocenters. The van der Waals surface area contributed by atoms with Gasteiger partial charge >= 0.3 is 5.97 Å². The van der Waals surface area contributed by atoms with Crippen molar-refractivity contribution in [1.29, 1.82) is 0 Å². The molecular formula is C28H33ClN4O3. The minimum atomic E-state index is -0.979. The Balaban J connectivity index is 1.29. The van der Waals surface area contributed by atoms with Gasteiger partial charge in [0.05, 0.1) is 11.3 Å². The number of carboxylic acids is 1. The fourth-order valence-corrected chi connectivity index (χ4v) is 4.60. The Labute approximate surface area is 217 Å². The number of rotatable bonds is 10. The summed E-state index contributed by atoms with van der Waals surface area (Å²) in [5.41, 5.74) is 4.08. The number of halogens is 1. The Morgan fingerprint density at radius 2 is 1.75 bits per heavy atom. The van der Waals surface area contributed by atoms with Gasteiger partial charge in [-0.2, -0.15) is 0 Å². The lowest BCUT2D eigenvalue weighted by Gasteiger charge is -2.34. The van der Waals surface area contributed by atoms with Gasteiger partial charge in [0.25, 0.3) is 0 Å². The molecule has 8 heteroatoms. The summed E-state index contributed by atoms with van der Waals surface area (Å²) in [6.45, 7) is 8.73. The largest absolute Gasteiger partial charge is 0.492 e. The van der Waals surface area contributed by atoms with E-state index in [2.05, 4.69) is 31.9 Å². The van der Waals surface area contributed by atoms with Crippen molar-refractivity contribution in [2.24, 2.45) is 0 Å². The SMILES string of the molecule is Cc1cc(OCCN2CCN(c3ncc(C(=O)O)c(CCCc4ccccc4)n3)CC2)cc(C)c1Cl. The molecule has 0 bridgehead atoms. The van der Waals surface area contributed by atoms with Crippen molar-refractivity contribution in [2.45, 2.75) is 33.1 Å². The molecule has 7 nitrogen and oxygen atoms in total. The Morgan fingerprint density at radius 3 is 2.42 bits per heavy atom. The second-order valence-corrected chi connectivity index (χ2v) is 9.60. The van der Waals surface area contributed by atoms with Crippen LogP contribution in [0, 0.1) is 13.8 Å². The Bertz CT molecular complexity index is 1160. The number of aromatic nitrogens is 2. The number of aryl methyl sites for hydroxylation is 4. The quantitative estimate of drug-likeness (QED) is 0.420. The normalized spacial score (nSPS) is 14.1. The molecule has 0 aliphatic carbocycles. The fraction of sp³-hybridized carbons (Fsp3) is 0.393. The summed E-state index contributed by atoms with van der Waals surface area (Å²) in [5, 5.41) is 10.4. The monoisotopic (exact) mass is 508 g/mol. The van der Waals surface area contributed by atoms with E-state index in [1.54, 1.807) is 0 Å². The number of hydrogen-bond donors (Lipinski definition) is 1. The second-order valence-electron chi connectivity index (χ2n) is 9.22. The lowest BCUT2D eigenvalue weighted by atomic mass is 10.0. The van der Waals surface area contributed by atoms with Gasteiger partial charge in [-0.25, -0.2) is 14.8 Å². The van der Waals surface area contributed by atoms with Crippen LogP contribution < -0.4 is 9.64 Å². The average Bonchev–Trinajstić information content (AvgIpc) is 2.88. The molecule has 4 rings (SSSR count). The summed E-state index contributed by atoms with van der Waals surface area (Å²) < 4.78 is 5.96. The van der Waals surface area contributed by atoms with Gasteiger partial charge < -0.3 is 14.7 Å². The summed E-state index contributed by atoms with van der Waals surface area (Å²) in [5.74, 6) is 0.477. The van der Waals surface area contributed by atoms with Crippen molar-refractivity contribution in [3.63, 3.8) is 0 Å². The summed E-state index contributed by atoms with van der Waals surface area (Å²) in [7, 11) is 0. The molecule has 1 aliphatic heterocycles. The fourth-order valence-electron chi connectivity index (χ4n) is 4.49. The molecule has 190 valence electrons. The molecule has 36 heavy (non-hydrogen) atoms. The highest BCUT2D eigenvalue weighted by Crippen LogP contribution is 2.26. The third kappa shape index (κ3) is 6.74. The van der Waals surface area contributed by atoms with Crippen molar-refractivity contribution < 1.29 is 14.6 Å². The van der Waals surface area contributed by atoms with Crippen LogP contribution >= 0.6 is 11.6 Å². The van der Waals surface area contributed by atoms with Gasteiger partial charge in [0.15, 0.2) is 0 Å². The highest BCUT2D eigenvalue weighted by Gasteiger charge is 2.21. The first-order valence-electron chi connectivity index (χ1n) is 12.4. The summed E-state index contributed by atoms with van der Waals surface area (Å²) in [6, 6.07) is 14.2. The Morgan fingerprint density at radius 1 is 1.06 bits per heavy atom. The van der Waals surface area contributed by atoms with Gasteiger partial charge in [-0.15, -0.1) is 0 Å². The summed E-state index contributed by atoms with van der Waals surface area (Å²) >= 11 is 6.25. The van der Waals surface area contributed by atoms with Gasteiger partial charge in [-0.1, -0.05) is 41.9 Å². The zero-order chi connectivity index (χ0) is 25.5. The van der Waals surface area contributed by atoms with Crippen LogP contribution in [0.15, 0.2) is 48.7 Å². The van der Waals surface area contributed by atoms with E-state index in [0.29, 0.717) is 24.7 Å². The number of carbonyl (C=O) groups is 1. The third-order valence-electron chi connectivity index (χ3n) is 6.55. The molecule has 2 aromatic carbocycles. The van der Waals surface area contributed by atoms with Crippen LogP contribution in [0.25, 0.3) is 0 Å². The van der Waals surface area contributed by atoms with Crippen LogP contribution in [0.3, 0.4) is 0 Å². The first-order chi connectivity index (χ1) is 17.4. The number of carboxylic acid groups (broad SMARTS) is 1. The minimum Gasteiger partial charge on any atom is -0.492 e. The maximum absolute atomic E-state index is 11.7. The van der Waals surface area contributed by atoms with Crippen molar-refractivity contribution in [3.8, 4) is 5.75 Å². The Kier molecular flexibility index (Phi) is 8.78. The van der Waals surface area contributed by atoms with Gasteiger partial charge in [0.1, 0.15) is 12.4 Å². The maximum Gasteiger partial charge on any atom is 0.339 e. The van der Waals surface area contributed by atoms with Crippen LogP contribution in [0.5, 0.6) is 5.75 Å². The molecule has 0 spiro atoms. The van der Waals surface area contributed by atoms with E-state index in [1.807, 2.05) is 44.2 Å². The number of benzene rings is 2. The molecule has 1 fully saturated rings. The third-order valence-corrected chi connectivity index (χ3v) is 7.14. The van der Waals surface area contributed by atoms with Crippen LogP contribution in [-0.4, -0.2) is 65.3 Å². The predicted molar refractivity (Wildman–Crippen MR) is 143 cm³/mol. The van der Waals surface area contributed by atoms with Crippen LogP contribution in [0.2, 0.25) is 5.02 Å². The van der Waals surface area contributed by atoms with Crippen molar-refractivity contribution in [1.82, 2.24) is 14.9 Å². The molecule has 1 aliphatic rings. The predicted octanol–water partition coefficient (Wildman–Crippen LogP) is 4.82. The van der Waals surface area contributed by atoms with Crippen LogP contribution in [-0.2, 0) is 12.8 Å². The standard InChI is InChI=1S/C28H33ClN4O3/c1-20-17-23(18-21(2)26(20)29)36-16-15-32-11-13-33(14-12-32)28-30-19-24(27(34)35)25(31-28)10-6-9-22-7-4-3-5-8-22/h3-5,7-8,17-19H,6,9-16H2,1-2H3,(H,34,35). The first kappa shape index (κ1) is 25.9. The number of nitrogens with zero attached hydrogens (tertiary/aromatic N) is 4. The highest BCUT2D eigenvalue weighted by molar-refractivity contribution is 6.32. The second kappa shape index (κ2) is 12.2. The van der Waals surface area contributed by atoms with E-state index < -0.39 is 5.97 Å². The van der Waals surface area contributed by atoms with E-state index >= 15 is 0 Å². The van der Waals surface area contributed by atoms with Crippen LogP contribution in [0.1, 0.15) is 39.2 Å². The van der Waals surface area contributed by atoms with E-state index in [-0.39, 0.29) is 5.56 Å². The Hall–Kier alpha value is -3.16. The molecule has 1 aromatic heterocycles. The van der Waals surface area contributed by atoms with Gasteiger partial charge in [0, 0.05) is 43.9 Å². The maximum atomic E-state index is 11.7. The number of hydrogen-bond acceptors (Lipinski definition) is 6. The number of ether oxygens (including phenoxy) is 1. The van der Waals surface area contributed by atoms with Crippen molar-refractivity contribution in [2.75, 3.05) is 44.2 Å². The molecular weight excluding hydrogens is 476 g/mol. The molecule has 1 saturated heterocycles. The summed E-state index contributed by atoms with van der Waals surface area (Å²) in [6.07, 6.45) is 3.78. The molecule has 0 unspecified atom stereocenters. The van der Waals surface area contributed by atoms with Gasteiger partial charge in [-0.3, -0.25) is 4.90 Å². The van der Waals surface area contributed by atoms with Crippen LogP contribution in [0.4, 0.5) is 5.95 Å². The molecule has 1 N–H and O–H groups in total. The first-order valence-corrected chi connectivity index (χ1v) is 12.8. The van der Waals surface area contributed by atoms with Crippen molar-refractivity contribution in [3.05, 3.63) is 81.6 Å². The smallest absolute Gasteiger partial charge is 0.339 e. The lowest BCUT2D eigenvalue weighted by molar-refractivity contribution is 0.0694. The molecule has 3 aromatic rings. The van der Waals surface area contributed by atoms with E-state index in [0.717, 1.165) is 67.5 Å². The van der Waals surface area contributed by atoms with Crippen molar-refractivity contribution >= 4 is 23.5 Å². The zero-order valence-electron chi connectivity index (χ0n) is 20.9. The zero-order valence-corrected chi connectivity index (χ0v) is 21.7. The van der Waals surface area contributed by atoms with Gasteiger partial charge in [0.2, 0.25) is 5.95 Å². The average molecular weight is 509 g/mol. The van der Waals surface area contributed by atoms with E-state index in [9.17, 15) is 9.90 Å².